The lowest BCUT2D eigenvalue weighted by molar-refractivity contribution is -0.557. The molecular formula is C43H46N3S+. The molecule has 47 heavy (non-hydrogen) atoms. The van der Waals surface area contributed by atoms with Crippen molar-refractivity contribution in [2.24, 2.45) is 7.05 Å². The normalized spacial score (nSPS) is 12.2. The number of aromatic nitrogens is 3. The minimum atomic E-state index is 0.319. The molecule has 0 saturated carbocycles. The van der Waals surface area contributed by atoms with Crippen LogP contribution in [0.4, 0.5) is 0 Å². The zero-order chi connectivity index (χ0) is 33.3. The quantitative estimate of drug-likeness (QED) is 0.166. The Balaban J connectivity index is 1.61. The minimum absolute atomic E-state index is 0.319. The maximum atomic E-state index is 5.05. The van der Waals surface area contributed by atoms with Crippen molar-refractivity contribution < 1.29 is 4.57 Å². The van der Waals surface area contributed by atoms with Gasteiger partial charge < -0.3 is 0 Å². The summed E-state index contributed by atoms with van der Waals surface area (Å²) >= 11 is 1.91. The van der Waals surface area contributed by atoms with Gasteiger partial charge in [0.05, 0.1) is 18.3 Å². The zero-order valence-corrected chi connectivity index (χ0v) is 30.3. The van der Waals surface area contributed by atoms with Gasteiger partial charge in [-0.3, -0.25) is 4.98 Å². The highest BCUT2D eigenvalue weighted by Crippen LogP contribution is 2.41. The predicted octanol–water partition coefficient (Wildman–Crippen LogP) is 11.8. The predicted molar refractivity (Wildman–Crippen MR) is 202 cm³/mol. The van der Waals surface area contributed by atoms with Crippen LogP contribution in [0.25, 0.3) is 59.4 Å². The Morgan fingerprint density at radius 3 is 1.98 bits per heavy atom. The number of rotatable bonds is 6. The van der Waals surface area contributed by atoms with Crippen LogP contribution < -0.4 is 4.57 Å². The Morgan fingerprint density at radius 1 is 0.681 bits per heavy atom. The van der Waals surface area contributed by atoms with E-state index >= 15 is 0 Å². The Hall–Kier alpha value is -4.28. The molecule has 0 spiro atoms. The molecule has 0 amide bonds. The molecular weight excluding hydrogens is 591 g/mol. The number of benzene rings is 4. The lowest BCUT2D eigenvalue weighted by atomic mass is 9.88. The second-order valence-corrected chi connectivity index (χ2v) is 15.4. The molecule has 3 heterocycles. The van der Waals surface area contributed by atoms with Crippen LogP contribution in [0.1, 0.15) is 92.9 Å². The summed E-state index contributed by atoms with van der Waals surface area (Å²) in [5, 5.41) is 2.67. The largest absolute Gasteiger partial charge is 0.295 e. The van der Waals surface area contributed by atoms with Gasteiger partial charge in [0.2, 0.25) is 5.52 Å². The second-order valence-electron chi connectivity index (χ2n) is 14.3. The fourth-order valence-electron chi connectivity index (χ4n) is 7.38. The first kappa shape index (κ1) is 31.3. The van der Waals surface area contributed by atoms with Gasteiger partial charge in [-0.1, -0.05) is 84.0 Å². The molecule has 3 aromatic heterocycles. The molecule has 0 N–H and O–H groups in total. The highest BCUT2D eigenvalue weighted by atomic mass is 32.1. The van der Waals surface area contributed by atoms with Crippen LogP contribution in [0.3, 0.4) is 0 Å². The van der Waals surface area contributed by atoms with E-state index in [2.05, 4.69) is 157 Å². The number of hydrogen-bond donors (Lipinski definition) is 0. The topological polar surface area (TPSA) is 21.7 Å². The van der Waals surface area contributed by atoms with Crippen LogP contribution in [0.2, 0.25) is 0 Å². The van der Waals surface area contributed by atoms with E-state index in [1.165, 1.54) is 81.7 Å². The van der Waals surface area contributed by atoms with Crippen molar-refractivity contribution in [1.29, 1.82) is 0 Å². The highest BCUT2D eigenvalue weighted by Gasteiger charge is 2.34. The molecule has 0 saturated heterocycles. The summed E-state index contributed by atoms with van der Waals surface area (Å²) in [4.78, 5) is 5.05. The van der Waals surface area contributed by atoms with Crippen LogP contribution in [0.15, 0.2) is 78.9 Å². The Morgan fingerprint density at radius 2 is 1.34 bits per heavy atom. The molecule has 0 aliphatic carbocycles. The van der Waals surface area contributed by atoms with Crippen LogP contribution in [-0.4, -0.2) is 9.55 Å². The van der Waals surface area contributed by atoms with Gasteiger partial charge in [-0.2, -0.15) is 4.57 Å². The van der Waals surface area contributed by atoms with E-state index in [0.29, 0.717) is 17.8 Å². The third-order valence-electron chi connectivity index (χ3n) is 9.88. The average Bonchev–Trinajstić information content (AvgIpc) is 3.53. The summed E-state index contributed by atoms with van der Waals surface area (Å²) in [6, 6.07) is 29.9. The number of aryl methyl sites for hydroxylation is 4. The number of hydrogen-bond acceptors (Lipinski definition) is 2. The second kappa shape index (κ2) is 11.8. The van der Waals surface area contributed by atoms with Gasteiger partial charge in [0.15, 0.2) is 5.52 Å². The van der Waals surface area contributed by atoms with Gasteiger partial charge >= 0.3 is 0 Å². The van der Waals surface area contributed by atoms with Gasteiger partial charge in [-0.15, -0.1) is 11.3 Å². The molecule has 0 unspecified atom stereocenters. The lowest BCUT2D eigenvalue weighted by Crippen LogP contribution is -2.37. The number of imidazole rings is 1. The number of pyridine rings is 1. The molecule has 0 fully saturated rings. The number of nitrogens with zero attached hydrogens (tertiary/aromatic N) is 3. The molecule has 0 bridgehead atoms. The van der Waals surface area contributed by atoms with Crippen molar-refractivity contribution in [1.82, 2.24) is 9.55 Å². The molecule has 4 heteroatoms. The first-order valence-electron chi connectivity index (χ1n) is 17.0. The van der Waals surface area contributed by atoms with Crippen molar-refractivity contribution in [3.05, 3.63) is 113 Å². The molecule has 0 aliphatic heterocycles. The summed E-state index contributed by atoms with van der Waals surface area (Å²) in [6.45, 7) is 20.4. The van der Waals surface area contributed by atoms with Crippen LogP contribution in [-0.2, 0) is 7.05 Å². The van der Waals surface area contributed by atoms with E-state index in [0.717, 1.165) is 11.4 Å². The van der Waals surface area contributed by atoms with E-state index in [1.54, 1.807) is 0 Å². The summed E-state index contributed by atoms with van der Waals surface area (Å²) < 4.78 is 7.69. The van der Waals surface area contributed by atoms with Crippen LogP contribution >= 0.6 is 11.3 Å². The first-order chi connectivity index (χ1) is 22.4. The third-order valence-corrected chi connectivity index (χ3v) is 11.0. The van der Waals surface area contributed by atoms with E-state index in [1.807, 2.05) is 11.3 Å². The van der Waals surface area contributed by atoms with Crippen molar-refractivity contribution >= 4 is 42.5 Å². The van der Waals surface area contributed by atoms with Crippen molar-refractivity contribution in [2.45, 2.75) is 80.1 Å². The van der Waals surface area contributed by atoms with E-state index in [4.69, 9.17) is 4.98 Å². The summed E-state index contributed by atoms with van der Waals surface area (Å²) in [5.74, 6) is 2.35. The van der Waals surface area contributed by atoms with Crippen molar-refractivity contribution in [3.8, 4) is 28.2 Å². The van der Waals surface area contributed by atoms with E-state index in [9.17, 15) is 0 Å². The summed E-state index contributed by atoms with van der Waals surface area (Å²) in [6.07, 6.45) is 0. The SMILES string of the molecule is Cc1cc2c(c(C)n1)[n+](-c1c(C(C)C)cc(-c3ccccc3)cc1C(C)C)c(-c1cc3c(cc1C)sc1cc(C(C)C)ccc13)n2C. The molecule has 7 aromatic rings. The first-order valence-corrected chi connectivity index (χ1v) is 17.9. The zero-order valence-electron chi connectivity index (χ0n) is 29.5. The third kappa shape index (κ3) is 5.18. The molecule has 238 valence electrons. The van der Waals surface area contributed by atoms with Gasteiger partial charge in [0.1, 0.15) is 5.69 Å². The molecule has 0 atom stereocenters. The maximum Gasteiger partial charge on any atom is 0.295 e. The van der Waals surface area contributed by atoms with Gasteiger partial charge in [0.25, 0.3) is 5.82 Å². The van der Waals surface area contributed by atoms with E-state index in [-0.39, 0.29) is 0 Å². The Bertz CT molecular complexity index is 2290. The van der Waals surface area contributed by atoms with Crippen LogP contribution in [0.5, 0.6) is 0 Å². The lowest BCUT2D eigenvalue weighted by Gasteiger charge is -2.21. The smallest absolute Gasteiger partial charge is 0.254 e. The Kier molecular flexibility index (Phi) is 7.83. The molecule has 0 aliphatic rings. The highest BCUT2D eigenvalue weighted by molar-refractivity contribution is 7.25. The molecule has 0 radical (unpaired) electrons. The molecule has 3 nitrogen and oxygen atoms in total. The molecule has 7 rings (SSSR count). The van der Waals surface area contributed by atoms with E-state index < -0.39 is 0 Å². The Labute approximate surface area is 283 Å². The van der Waals surface area contributed by atoms with Crippen molar-refractivity contribution in [2.75, 3.05) is 0 Å². The minimum Gasteiger partial charge on any atom is -0.254 e. The summed E-state index contributed by atoms with van der Waals surface area (Å²) in [7, 11) is 2.24. The fraction of sp³-hybridized carbons (Fsp3) is 0.302. The number of thiophene rings is 1. The van der Waals surface area contributed by atoms with Crippen molar-refractivity contribution in [3.63, 3.8) is 0 Å². The summed E-state index contributed by atoms with van der Waals surface area (Å²) in [5.41, 5.74) is 15.0. The van der Waals surface area contributed by atoms with Gasteiger partial charge in [-0.05, 0) is 91.1 Å². The van der Waals surface area contributed by atoms with Gasteiger partial charge in [0, 0.05) is 43.1 Å². The number of fused-ring (bicyclic) bond motifs is 4. The van der Waals surface area contributed by atoms with Crippen LogP contribution in [0, 0.1) is 20.8 Å². The monoisotopic (exact) mass is 636 g/mol. The maximum absolute atomic E-state index is 5.05. The standard InChI is InChI=1S/C43H46N3S/c1-24(2)31-16-17-33-37-23-36(27(7)18-39(37)47-40(33)22-31)43-45(10)38-19-28(8)44-29(9)41(38)46(43)42-34(25(3)4)20-32(21-35(42)26(5)6)30-14-12-11-13-15-30/h11-26H,1-10H3/q+1. The average molecular weight is 637 g/mol. The molecule has 4 aromatic carbocycles. The van der Waals surface area contributed by atoms with Gasteiger partial charge in [-0.25, -0.2) is 4.57 Å². The fourth-order valence-corrected chi connectivity index (χ4v) is 8.61.